The SMILES string of the molecule is CCCNCc1nnc(Nc2ccc(OC)cc2)o1. The Morgan fingerprint density at radius 2 is 2.00 bits per heavy atom. The highest BCUT2D eigenvalue weighted by Gasteiger charge is 2.05. The molecule has 6 heteroatoms. The molecule has 0 aliphatic heterocycles. The molecule has 0 fully saturated rings. The number of nitrogens with zero attached hydrogens (tertiary/aromatic N) is 2. The molecule has 0 bridgehead atoms. The van der Waals surface area contributed by atoms with Crippen molar-refractivity contribution in [2.45, 2.75) is 19.9 Å². The van der Waals surface area contributed by atoms with Crippen molar-refractivity contribution in [3.8, 4) is 5.75 Å². The molecule has 0 aliphatic carbocycles. The van der Waals surface area contributed by atoms with Crippen LogP contribution in [-0.4, -0.2) is 23.9 Å². The molecule has 19 heavy (non-hydrogen) atoms. The van der Waals surface area contributed by atoms with Crippen molar-refractivity contribution >= 4 is 11.7 Å². The second-order valence-corrected chi connectivity index (χ2v) is 4.03. The summed E-state index contributed by atoms with van der Waals surface area (Å²) in [7, 11) is 1.63. The van der Waals surface area contributed by atoms with E-state index in [0.29, 0.717) is 18.5 Å². The summed E-state index contributed by atoms with van der Waals surface area (Å²) in [6.45, 7) is 3.63. The Balaban J connectivity index is 1.91. The summed E-state index contributed by atoms with van der Waals surface area (Å²) in [6, 6.07) is 7.89. The molecule has 0 aliphatic rings. The van der Waals surface area contributed by atoms with Gasteiger partial charge in [-0.05, 0) is 37.2 Å². The predicted octanol–water partition coefficient (Wildman–Crippen LogP) is 2.32. The van der Waals surface area contributed by atoms with Gasteiger partial charge in [-0.25, -0.2) is 0 Å². The Labute approximate surface area is 112 Å². The molecule has 0 radical (unpaired) electrons. The minimum absolute atomic E-state index is 0.387. The van der Waals surface area contributed by atoms with E-state index in [9.17, 15) is 0 Å². The maximum Gasteiger partial charge on any atom is 0.320 e. The van der Waals surface area contributed by atoms with Crippen LogP contribution in [0, 0.1) is 0 Å². The van der Waals surface area contributed by atoms with E-state index in [-0.39, 0.29) is 0 Å². The minimum atomic E-state index is 0.387. The fraction of sp³-hybridized carbons (Fsp3) is 0.385. The molecule has 0 atom stereocenters. The first kappa shape index (κ1) is 13.4. The minimum Gasteiger partial charge on any atom is -0.497 e. The lowest BCUT2D eigenvalue weighted by atomic mass is 10.3. The number of benzene rings is 1. The van der Waals surface area contributed by atoms with Crippen molar-refractivity contribution in [2.75, 3.05) is 19.0 Å². The van der Waals surface area contributed by atoms with Gasteiger partial charge < -0.3 is 19.8 Å². The van der Waals surface area contributed by atoms with Crippen LogP contribution in [0.5, 0.6) is 5.75 Å². The average molecular weight is 262 g/mol. The van der Waals surface area contributed by atoms with E-state index < -0.39 is 0 Å². The topological polar surface area (TPSA) is 72.2 Å². The zero-order chi connectivity index (χ0) is 13.5. The van der Waals surface area contributed by atoms with Gasteiger partial charge in [-0.1, -0.05) is 12.0 Å². The second-order valence-electron chi connectivity index (χ2n) is 4.03. The molecular weight excluding hydrogens is 244 g/mol. The Bertz CT molecular complexity index is 496. The zero-order valence-corrected chi connectivity index (χ0v) is 11.1. The Hall–Kier alpha value is -2.08. The average Bonchev–Trinajstić information content (AvgIpc) is 2.88. The normalized spacial score (nSPS) is 10.4. The summed E-state index contributed by atoms with van der Waals surface area (Å²) >= 11 is 0. The van der Waals surface area contributed by atoms with Gasteiger partial charge in [-0.15, -0.1) is 5.10 Å². The van der Waals surface area contributed by atoms with Crippen LogP contribution in [-0.2, 0) is 6.54 Å². The van der Waals surface area contributed by atoms with Crippen LogP contribution in [0.2, 0.25) is 0 Å². The smallest absolute Gasteiger partial charge is 0.320 e. The van der Waals surface area contributed by atoms with Gasteiger partial charge in [-0.2, -0.15) is 0 Å². The van der Waals surface area contributed by atoms with Crippen LogP contribution in [0.1, 0.15) is 19.2 Å². The van der Waals surface area contributed by atoms with E-state index in [0.717, 1.165) is 24.4 Å². The van der Waals surface area contributed by atoms with Gasteiger partial charge in [0.05, 0.1) is 13.7 Å². The van der Waals surface area contributed by atoms with Gasteiger partial charge >= 0.3 is 6.01 Å². The van der Waals surface area contributed by atoms with E-state index in [2.05, 4.69) is 27.8 Å². The van der Waals surface area contributed by atoms with Crippen LogP contribution in [0.3, 0.4) is 0 Å². The third-order valence-electron chi connectivity index (χ3n) is 2.51. The number of anilines is 2. The largest absolute Gasteiger partial charge is 0.497 e. The highest BCUT2D eigenvalue weighted by molar-refractivity contribution is 5.53. The van der Waals surface area contributed by atoms with E-state index >= 15 is 0 Å². The molecule has 102 valence electrons. The standard InChI is InChI=1S/C13H18N4O2/c1-3-8-14-9-12-16-17-13(19-12)15-10-4-6-11(18-2)7-5-10/h4-7,14H,3,8-9H2,1-2H3,(H,15,17). The molecule has 0 amide bonds. The van der Waals surface area contributed by atoms with Crippen molar-refractivity contribution in [3.63, 3.8) is 0 Å². The second kappa shape index (κ2) is 6.75. The molecule has 1 heterocycles. The van der Waals surface area contributed by atoms with Crippen molar-refractivity contribution in [1.29, 1.82) is 0 Å². The number of nitrogens with one attached hydrogen (secondary N) is 2. The molecule has 0 saturated carbocycles. The Kier molecular flexibility index (Phi) is 4.74. The van der Waals surface area contributed by atoms with Gasteiger partial charge in [0.25, 0.3) is 0 Å². The molecule has 0 saturated heterocycles. The predicted molar refractivity (Wildman–Crippen MR) is 72.6 cm³/mol. The van der Waals surface area contributed by atoms with Crippen molar-refractivity contribution < 1.29 is 9.15 Å². The number of hydrogen-bond donors (Lipinski definition) is 2. The molecule has 6 nitrogen and oxygen atoms in total. The summed E-state index contributed by atoms with van der Waals surface area (Å²) in [4.78, 5) is 0. The van der Waals surface area contributed by atoms with Gasteiger partial charge in [0.1, 0.15) is 5.75 Å². The van der Waals surface area contributed by atoms with E-state index in [1.807, 2.05) is 24.3 Å². The summed E-state index contributed by atoms with van der Waals surface area (Å²) in [5, 5.41) is 14.1. The Morgan fingerprint density at radius 3 is 2.68 bits per heavy atom. The number of aromatic nitrogens is 2. The molecule has 2 aromatic rings. The molecule has 1 aromatic carbocycles. The maximum atomic E-state index is 5.46. The fourth-order valence-electron chi connectivity index (χ4n) is 1.55. The molecule has 0 unspecified atom stereocenters. The van der Waals surface area contributed by atoms with Gasteiger partial charge in [-0.3, -0.25) is 0 Å². The third-order valence-corrected chi connectivity index (χ3v) is 2.51. The van der Waals surface area contributed by atoms with Crippen LogP contribution in [0.25, 0.3) is 0 Å². The lowest BCUT2D eigenvalue weighted by molar-refractivity contribution is 0.415. The molecular formula is C13H18N4O2. The van der Waals surface area contributed by atoms with Crippen LogP contribution < -0.4 is 15.4 Å². The first-order chi connectivity index (χ1) is 9.31. The molecule has 0 spiro atoms. The maximum absolute atomic E-state index is 5.46. The van der Waals surface area contributed by atoms with Crippen LogP contribution in [0.15, 0.2) is 28.7 Å². The summed E-state index contributed by atoms with van der Waals surface area (Å²) in [5.74, 6) is 1.38. The number of rotatable bonds is 7. The summed E-state index contributed by atoms with van der Waals surface area (Å²) < 4.78 is 10.6. The van der Waals surface area contributed by atoms with Gasteiger partial charge in [0.15, 0.2) is 0 Å². The van der Waals surface area contributed by atoms with E-state index in [4.69, 9.17) is 9.15 Å². The lowest BCUT2D eigenvalue weighted by Crippen LogP contribution is -2.13. The Morgan fingerprint density at radius 1 is 1.21 bits per heavy atom. The van der Waals surface area contributed by atoms with Gasteiger partial charge in [0.2, 0.25) is 5.89 Å². The number of hydrogen-bond acceptors (Lipinski definition) is 6. The molecule has 2 rings (SSSR count). The van der Waals surface area contributed by atoms with Crippen LogP contribution in [0.4, 0.5) is 11.7 Å². The van der Waals surface area contributed by atoms with Crippen molar-refractivity contribution in [1.82, 2.24) is 15.5 Å². The first-order valence-electron chi connectivity index (χ1n) is 6.26. The van der Waals surface area contributed by atoms with E-state index in [1.54, 1.807) is 7.11 Å². The molecule has 1 aromatic heterocycles. The first-order valence-corrected chi connectivity index (χ1v) is 6.26. The zero-order valence-electron chi connectivity index (χ0n) is 11.1. The van der Waals surface area contributed by atoms with Crippen molar-refractivity contribution in [2.24, 2.45) is 0 Å². The number of methoxy groups -OCH3 is 1. The van der Waals surface area contributed by atoms with Crippen LogP contribution >= 0.6 is 0 Å². The third kappa shape index (κ3) is 3.96. The summed E-state index contributed by atoms with van der Waals surface area (Å²) in [5.41, 5.74) is 0.873. The molecule has 2 N–H and O–H groups in total. The highest BCUT2D eigenvalue weighted by Crippen LogP contribution is 2.18. The number of ether oxygens (including phenoxy) is 1. The van der Waals surface area contributed by atoms with E-state index in [1.165, 1.54) is 0 Å². The van der Waals surface area contributed by atoms with Gasteiger partial charge in [0, 0.05) is 5.69 Å². The highest BCUT2D eigenvalue weighted by atomic mass is 16.5. The summed E-state index contributed by atoms with van der Waals surface area (Å²) in [6.07, 6.45) is 1.07. The van der Waals surface area contributed by atoms with Crippen molar-refractivity contribution in [3.05, 3.63) is 30.2 Å². The monoisotopic (exact) mass is 262 g/mol. The lowest BCUT2D eigenvalue weighted by Gasteiger charge is -2.02. The quantitative estimate of drug-likeness (QED) is 0.746. The fourth-order valence-corrected chi connectivity index (χ4v) is 1.55.